The summed E-state index contributed by atoms with van der Waals surface area (Å²) in [5, 5.41) is 0. The van der Waals surface area contributed by atoms with E-state index in [0.717, 1.165) is 0 Å². The van der Waals surface area contributed by atoms with Gasteiger partial charge >= 0.3 is 5.97 Å². The van der Waals surface area contributed by atoms with Gasteiger partial charge in [0.1, 0.15) is 11.7 Å². The maximum atomic E-state index is 13.5. The first-order valence-electron chi connectivity index (χ1n) is 5.52. The van der Waals surface area contributed by atoms with Crippen molar-refractivity contribution in [1.82, 2.24) is 0 Å². The van der Waals surface area contributed by atoms with E-state index in [-0.39, 0.29) is 18.3 Å². The van der Waals surface area contributed by atoms with Crippen LogP contribution in [0.15, 0.2) is 18.2 Å². The van der Waals surface area contributed by atoms with Gasteiger partial charge in [0.05, 0.1) is 6.10 Å². The number of carbonyl (C=O) groups is 2. The fourth-order valence-corrected chi connectivity index (χ4v) is 1.99. The van der Waals surface area contributed by atoms with Crippen molar-refractivity contribution in [3.05, 3.63) is 35.1 Å². The van der Waals surface area contributed by atoms with Crippen molar-refractivity contribution in [2.45, 2.75) is 26.4 Å². The summed E-state index contributed by atoms with van der Waals surface area (Å²) >= 11 is 0. The van der Waals surface area contributed by atoms with Crippen LogP contribution < -0.4 is 0 Å². The first-order valence-corrected chi connectivity index (χ1v) is 5.52. The normalized spacial score (nSPS) is 18.4. The molecule has 0 saturated carbocycles. The third-order valence-corrected chi connectivity index (χ3v) is 2.75. The Morgan fingerprint density at radius 3 is 2.76 bits per heavy atom. The van der Waals surface area contributed by atoms with Gasteiger partial charge in [-0.2, -0.15) is 0 Å². The number of rotatable bonds is 2. The highest BCUT2D eigenvalue weighted by Crippen LogP contribution is 2.29. The number of carbonyl (C=O) groups excluding carboxylic acids is 2. The molecular formula is C13H13FO3. The molecule has 0 bridgehead atoms. The maximum Gasteiger partial charge on any atom is 0.317 e. The van der Waals surface area contributed by atoms with Crippen LogP contribution in [0.4, 0.5) is 4.39 Å². The average molecular weight is 236 g/mol. The second-order valence-corrected chi connectivity index (χ2v) is 4.37. The van der Waals surface area contributed by atoms with E-state index in [1.165, 1.54) is 12.1 Å². The standard InChI is InChI=1S/C13H13FO3/c1-7(2)17-13(16)10-6-9-8(12(10)15)4-3-5-11(9)14/h3-5,7,10H,6H2,1-2H3. The van der Waals surface area contributed by atoms with E-state index in [9.17, 15) is 14.0 Å². The van der Waals surface area contributed by atoms with Crippen LogP contribution in [0.25, 0.3) is 0 Å². The molecule has 0 aliphatic heterocycles. The number of ether oxygens (including phenoxy) is 1. The Kier molecular flexibility index (Phi) is 2.96. The first kappa shape index (κ1) is 11.8. The fourth-order valence-electron chi connectivity index (χ4n) is 1.99. The van der Waals surface area contributed by atoms with E-state index in [1.807, 2.05) is 0 Å². The third kappa shape index (κ3) is 2.07. The lowest BCUT2D eigenvalue weighted by Crippen LogP contribution is -2.25. The predicted molar refractivity (Wildman–Crippen MR) is 59.2 cm³/mol. The van der Waals surface area contributed by atoms with E-state index in [1.54, 1.807) is 19.9 Å². The van der Waals surface area contributed by atoms with Crippen LogP contribution in [0.2, 0.25) is 0 Å². The largest absolute Gasteiger partial charge is 0.462 e. The van der Waals surface area contributed by atoms with E-state index in [4.69, 9.17) is 4.74 Å². The van der Waals surface area contributed by atoms with E-state index in [2.05, 4.69) is 0 Å². The molecule has 0 heterocycles. The van der Waals surface area contributed by atoms with Crippen LogP contribution in [0, 0.1) is 11.7 Å². The Hall–Kier alpha value is -1.71. The zero-order chi connectivity index (χ0) is 12.6. The molecule has 0 radical (unpaired) electrons. The van der Waals surface area contributed by atoms with Gasteiger partial charge in [0.25, 0.3) is 0 Å². The number of esters is 1. The van der Waals surface area contributed by atoms with Gasteiger partial charge in [-0.3, -0.25) is 9.59 Å². The predicted octanol–water partition coefficient (Wildman–Crippen LogP) is 2.13. The minimum atomic E-state index is -0.885. The van der Waals surface area contributed by atoms with E-state index >= 15 is 0 Å². The molecule has 0 saturated heterocycles. The van der Waals surface area contributed by atoms with Gasteiger partial charge < -0.3 is 4.74 Å². The van der Waals surface area contributed by atoms with Crippen molar-refractivity contribution in [3.63, 3.8) is 0 Å². The van der Waals surface area contributed by atoms with Crippen molar-refractivity contribution in [3.8, 4) is 0 Å². The Morgan fingerprint density at radius 2 is 2.18 bits per heavy atom. The molecule has 0 fully saturated rings. The monoisotopic (exact) mass is 236 g/mol. The molecule has 3 nitrogen and oxygen atoms in total. The third-order valence-electron chi connectivity index (χ3n) is 2.75. The van der Waals surface area contributed by atoms with Crippen LogP contribution in [-0.4, -0.2) is 17.9 Å². The van der Waals surface area contributed by atoms with Crippen molar-refractivity contribution < 1.29 is 18.7 Å². The molecule has 90 valence electrons. The summed E-state index contributed by atoms with van der Waals surface area (Å²) in [6.45, 7) is 3.43. The number of benzene rings is 1. The minimum Gasteiger partial charge on any atom is -0.462 e. The zero-order valence-corrected chi connectivity index (χ0v) is 9.70. The van der Waals surface area contributed by atoms with Gasteiger partial charge in [-0.15, -0.1) is 0 Å². The summed E-state index contributed by atoms with van der Waals surface area (Å²) in [4.78, 5) is 23.6. The number of Topliss-reactive ketones (excluding diaryl/α,β-unsaturated/α-hetero) is 1. The lowest BCUT2D eigenvalue weighted by atomic mass is 10.1. The lowest BCUT2D eigenvalue weighted by molar-refractivity contribution is -0.150. The molecule has 1 aliphatic carbocycles. The van der Waals surface area contributed by atoms with Crippen LogP contribution in [-0.2, 0) is 16.0 Å². The topological polar surface area (TPSA) is 43.4 Å². The molecule has 17 heavy (non-hydrogen) atoms. The highest BCUT2D eigenvalue weighted by atomic mass is 19.1. The van der Waals surface area contributed by atoms with Crippen LogP contribution in [0.1, 0.15) is 29.8 Å². The number of ketones is 1. The molecule has 1 unspecified atom stereocenters. The molecular weight excluding hydrogens is 223 g/mol. The second-order valence-electron chi connectivity index (χ2n) is 4.37. The summed E-state index contributed by atoms with van der Waals surface area (Å²) < 4.78 is 18.5. The van der Waals surface area contributed by atoms with Crippen LogP contribution >= 0.6 is 0 Å². The van der Waals surface area contributed by atoms with Crippen LogP contribution in [0.5, 0.6) is 0 Å². The summed E-state index contributed by atoms with van der Waals surface area (Å²) in [5.41, 5.74) is 0.624. The maximum absolute atomic E-state index is 13.5. The second kappa shape index (κ2) is 4.28. The summed E-state index contributed by atoms with van der Waals surface area (Å²) in [6.07, 6.45) is -0.171. The molecule has 0 N–H and O–H groups in total. The van der Waals surface area contributed by atoms with Gasteiger partial charge in [0.15, 0.2) is 5.78 Å². The number of hydrogen-bond donors (Lipinski definition) is 0. The molecule has 1 aliphatic rings. The molecule has 2 rings (SSSR count). The van der Waals surface area contributed by atoms with Gasteiger partial charge in [0, 0.05) is 5.56 Å². The Morgan fingerprint density at radius 1 is 1.47 bits per heavy atom. The number of fused-ring (bicyclic) bond motifs is 1. The molecule has 0 aromatic heterocycles. The van der Waals surface area contributed by atoms with Crippen molar-refractivity contribution in [2.24, 2.45) is 5.92 Å². The molecule has 0 spiro atoms. The minimum absolute atomic E-state index is 0.104. The molecule has 1 aromatic carbocycles. The van der Waals surface area contributed by atoms with Gasteiger partial charge in [-0.1, -0.05) is 12.1 Å². The summed E-state index contributed by atoms with van der Waals surface area (Å²) in [7, 11) is 0. The summed E-state index contributed by atoms with van der Waals surface area (Å²) in [6, 6.07) is 4.31. The first-order chi connectivity index (χ1) is 8.00. The van der Waals surface area contributed by atoms with Crippen molar-refractivity contribution in [1.29, 1.82) is 0 Å². The SMILES string of the molecule is CC(C)OC(=O)C1Cc2c(F)cccc2C1=O. The highest BCUT2D eigenvalue weighted by molar-refractivity contribution is 6.12. The zero-order valence-electron chi connectivity index (χ0n) is 9.70. The molecule has 1 aromatic rings. The van der Waals surface area contributed by atoms with Gasteiger partial charge in [-0.05, 0) is 31.9 Å². The Balaban J connectivity index is 2.26. The molecule has 1 atom stereocenters. The quantitative estimate of drug-likeness (QED) is 0.583. The average Bonchev–Trinajstić information content (AvgIpc) is 2.57. The highest BCUT2D eigenvalue weighted by Gasteiger charge is 2.38. The number of hydrogen-bond acceptors (Lipinski definition) is 3. The van der Waals surface area contributed by atoms with Crippen molar-refractivity contribution in [2.75, 3.05) is 0 Å². The number of halogens is 1. The Labute approximate surface area is 98.6 Å². The van der Waals surface area contributed by atoms with Gasteiger partial charge in [-0.25, -0.2) is 4.39 Å². The van der Waals surface area contributed by atoms with E-state index in [0.29, 0.717) is 11.1 Å². The van der Waals surface area contributed by atoms with Gasteiger partial charge in [0.2, 0.25) is 0 Å². The smallest absolute Gasteiger partial charge is 0.317 e. The van der Waals surface area contributed by atoms with Crippen molar-refractivity contribution >= 4 is 11.8 Å². The Bertz CT molecular complexity index is 480. The molecule has 0 amide bonds. The fraction of sp³-hybridized carbons (Fsp3) is 0.385. The summed E-state index contributed by atoms with van der Waals surface area (Å²) in [5.74, 6) is -2.23. The van der Waals surface area contributed by atoms with Crippen LogP contribution in [0.3, 0.4) is 0 Å². The lowest BCUT2D eigenvalue weighted by Gasteiger charge is -2.11. The van der Waals surface area contributed by atoms with E-state index < -0.39 is 17.7 Å². The molecule has 4 heteroatoms.